The maximum absolute atomic E-state index is 12.5. The van der Waals surface area contributed by atoms with E-state index in [1.165, 1.54) is 6.20 Å². The second kappa shape index (κ2) is 7.72. The van der Waals surface area contributed by atoms with Crippen LogP contribution in [0.1, 0.15) is 17.4 Å². The lowest BCUT2D eigenvalue weighted by Gasteiger charge is -2.33. The summed E-state index contributed by atoms with van der Waals surface area (Å²) < 4.78 is 0.985. The molecule has 0 radical (unpaired) electrons. The molecule has 1 aliphatic rings. The molecule has 0 saturated carbocycles. The van der Waals surface area contributed by atoms with Gasteiger partial charge in [0.1, 0.15) is 11.5 Å². The van der Waals surface area contributed by atoms with Gasteiger partial charge < -0.3 is 15.1 Å². The van der Waals surface area contributed by atoms with Crippen molar-refractivity contribution in [2.45, 2.75) is 6.92 Å². The second-order valence-electron chi connectivity index (χ2n) is 5.65. The highest BCUT2D eigenvalue weighted by atomic mass is 79.9. The lowest BCUT2D eigenvalue weighted by Crippen LogP contribution is -2.48. The summed E-state index contributed by atoms with van der Waals surface area (Å²) >= 11 is 3.43. The van der Waals surface area contributed by atoms with E-state index >= 15 is 0 Å². The maximum Gasteiger partial charge on any atom is 0.274 e. The first-order chi connectivity index (χ1) is 11.7. The van der Waals surface area contributed by atoms with Crippen molar-refractivity contribution >= 4 is 33.3 Å². The number of aromatic nitrogens is 2. The van der Waals surface area contributed by atoms with E-state index in [-0.39, 0.29) is 5.91 Å². The summed E-state index contributed by atoms with van der Waals surface area (Å²) in [4.78, 5) is 25.2. The van der Waals surface area contributed by atoms with Crippen molar-refractivity contribution in [1.29, 1.82) is 0 Å². The first kappa shape index (κ1) is 16.9. The number of hydrogen-bond donors (Lipinski definition) is 1. The van der Waals surface area contributed by atoms with Crippen LogP contribution in [0.4, 0.5) is 11.5 Å². The first-order valence-electron chi connectivity index (χ1n) is 8.02. The predicted octanol–water partition coefficient (Wildman–Crippen LogP) is 2.76. The number of halogens is 1. The molecule has 1 N–H and O–H groups in total. The van der Waals surface area contributed by atoms with Crippen molar-refractivity contribution in [2.75, 3.05) is 38.0 Å². The van der Waals surface area contributed by atoms with Crippen molar-refractivity contribution in [3.8, 4) is 0 Å². The minimum Gasteiger partial charge on any atom is -0.339 e. The summed E-state index contributed by atoms with van der Waals surface area (Å²) in [6.45, 7) is 6.48. The zero-order valence-electron chi connectivity index (χ0n) is 13.6. The van der Waals surface area contributed by atoms with Crippen molar-refractivity contribution in [1.82, 2.24) is 19.8 Å². The van der Waals surface area contributed by atoms with Crippen molar-refractivity contribution in [2.24, 2.45) is 0 Å². The number of carbonyl (C=O) groups is 1. The van der Waals surface area contributed by atoms with Gasteiger partial charge in [-0.05, 0) is 24.7 Å². The molecule has 1 aromatic carbocycles. The molecule has 7 heteroatoms. The van der Waals surface area contributed by atoms with Gasteiger partial charge in [-0.1, -0.05) is 28.9 Å². The highest BCUT2D eigenvalue weighted by molar-refractivity contribution is 9.10. The van der Waals surface area contributed by atoms with Crippen molar-refractivity contribution in [3.05, 3.63) is 46.8 Å². The number of anilines is 2. The molecule has 1 saturated heterocycles. The number of nitrogens with zero attached hydrogens (tertiary/aromatic N) is 4. The zero-order chi connectivity index (χ0) is 16.9. The Morgan fingerprint density at radius 2 is 2.00 bits per heavy atom. The molecule has 1 aromatic heterocycles. The third kappa shape index (κ3) is 4.10. The first-order valence-corrected chi connectivity index (χ1v) is 8.81. The summed E-state index contributed by atoms with van der Waals surface area (Å²) in [6.07, 6.45) is 3.13. The molecular weight excluding hydrogens is 370 g/mol. The summed E-state index contributed by atoms with van der Waals surface area (Å²) in [5.74, 6) is 0.563. The number of amides is 1. The summed E-state index contributed by atoms with van der Waals surface area (Å²) in [5, 5.41) is 3.17. The average molecular weight is 390 g/mol. The van der Waals surface area contributed by atoms with Gasteiger partial charge in [0.2, 0.25) is 0 Å². The third-order valence-electron chi connectivity index (χ3n) is 4.07. The van der Waals surface area contributed by atoms with Crippen LogP contribution in [0.3, 0.4) is 0 Å². The molecule has 0 spiro atoms. The minimum absolute atomic E-state index is 0.0488. The summed E-state index contributed by atoms with van der Waals surface area (Å²) in [6, 6.07) is 7.79. The van der Waals surface area contributed by atoms with Gasteiger partial charge in [0, 0.05) is 36.3 Å². The van der Waals surface area contributed by atoms with Crippen LogP contribution in [0, 0.1) is 0 Å². The highest BCUT2D eigenvalue weighted by Crippen LogP contribution is 2.19. The number of hydrogen-bond acceptors (Lipinski definition) is 5. The van der Waals surface area contributed by atoms with Crippen molar-refractivity contribution < 1.29 is 4.79 Å². The fourth-order valence-corrected chi connectivity index (χ4v) is 3.05. The molecule has 24 heavy (non-hydrogen) atoms. The number of rotatable bonds is 4. The molecule has 3 rings (SSSR count). The van der Waals surface area contributed by atoms with E-state index in [9.17, 15) is 4.79 Å². The lowest BCUT2D eigenvalue weighted by atomic mass is 10.3. The van der Waals surface area contributed by atoms with Crippen LogP contribution in [-0.2, 0) is 0 Å². The Kier molecular flexibility index (Phi) is 5.42. The van der Waals surface area contributed by atoms with Crippen LogP contribution >= 0.6 is 15.9 Å². The maximum atomic E-state index is 12.5. The fraction of sp³-hybridized carbons (Fsp3) is 0.353. The van der Waals surface area contributed by atoms with Crippen LogP contribution in [0.2, 0.25) is 0 Å². The quantitative estimate of drug-likeness (QED) is 0.870. The van der Waals surface area contributed by atoms with Crippen LogP contribution in [0.5, 0.6) is 0 Å². The standard InChI is InChI=1S/C17H20BrN5O/c1-2-22-6-8-23(9-7-22)17(24)15-11-20-16(12-19-15)21-14-5-3-4-13(18)10-14/h3-5,10-12H,2,6-9H2,1H3,(H,20,21). The molecule has 1 fully saturated rings. The third-order valence-corrected chi connectivity index (χ3v) is 4.57. The van der Waals surface area contributed by atoms with E-state index < -0.39 is 0 Å². The molecule has 1 aliphatic heterocycles. The van der Waals surface area contributed by atoms with E-state index in [0.29, 0.717) is 11.5 Å². The lowest BCUT2D eigenvalue weighted by molar-refractivity contribution is 0.0637. The van der Waals surface area contributed by atoms with Gasteiger partial charge in [0.25, 0.3) is 5.91 Å². The minimum atomic E-state index is -0.0488. The molecule has 126 valence electrons. The second-order valence-corrected chi connectivity index (χ2v) is 6.56. The normalized spacial score (nSPS) is 15.3. The fourth-order valence-electron chi connectivity index (χ4n) is 2.65. The Morgan fingerprint density at radius 1 is 1.21 bits per heavy atom. The smallest absolute Gasteiger partial charge is 0.274 e. The number of piperazine rings is 1. The van der Waals surface area contributed by atoms with E-state index in [1.54, 1.807) is 6.20 Å². The Hall–Kier alpha value is -1.99. The molecule has 0 atom stereocenters. The van der Waals surface area contributed by atoms with Crippen molar-refractivity contribution in [3.63, 3.8) is 0 Å². The van der Waals surface area contributed by atoms with Gasteiger partial charge in [-0.25, -0.2) is 9.97 Å². The Labute approximate surface area is 150 Å². The molecule has 0 unspecified atom stereocenters. The van der Waals surface area contributed by atoms with Crippen LogP contribution in [0.15, 0.2) is 41.1 Å². The molecular formula is C17H20BrN5O. The van der Waals surface area contributed by atoms with Crippen LogP contribution in [0.25, 0.3) is 0 Å². The Balaban J connectivity index is 1.63. The molecule has 6 nitrogen and oxygen atoms in total. The Morgan fingerprint density at radius 3 is 2.62 bits per heavy atom. The van der Waals surface area contributed by atoms with Gasteiger partial charge in [-0.3, -0.25) is 4.79 Å². The number of benzene rings is 1. The van der Waals surface area contributed by atoms with Gasteiger partial charge in [-0.15, -0.1) is 0 Å². The zero-order valence-corrected chi connectivity index (χ0v) is 15.2. The predicted molar refractivity (Wildman–Crippen MR) is 97.5 cm³/mol. The number of carbonyl (C=O) groups excluding carboxylic acids is 1. The van der Waals surface area contributed by atoms with Gasteiger partial charge in [0.15, 0.2) is 0 Å². The molecule has 0 aliphatic carbocycles. The molecule has 1 amide bonds. The van der Waals surface area contributed by atoms with Gasteiger partial charge in [0.05, 0.1) is 12.4 Å². The van der Waals surface area contributed by atoms with E-state index in [2.05, 4.69) is 43.0 Å². The summed E-state index contributed by atoms with van der Waals surface area (Å²) in [5.41, 5.74) is 1.30. The Bertz CT molecular complexity index is 698. The van der Waals surface area contributed by atoms with Crippen LogP contribution in [-0.4, -0.2) is 58.4 Å². The average Bonchev–Trinajstić information content (AvgIpc) is 2.62. The molecule has 0 bridgehead atoms. The summed E-state index contributed by atoms with van der Waals surface area (Å²) in [7, 11) is 0. The van der Waals surface area contributed by atoms with Gasteiger partial charge in [-0.2, -0.15) is 0 Å². The highest BCUT2D eigenvalue weighted by Gasteiger charge is 2.22. The van der Waals surface area contributed by atoms with Crippen LogP contribution < -0.4 is 5.32 Å². The molecule has 2 aromatic rings. The monoisotopic (exact) mass is 389 g/mol. The topological polar surface area (TPSA) is 61.4 Å². The largest absolute Gasteiger partial charge is 0.339 e. The SMILES string of the molecule is CCN1CCN(C(=O)c2cnc(Nc3cccc(Br)c3)cn2)CC1. The number of likely N-dealkylation sites (N-methyl/N-ethyl adjacent to an activating group) is 1. The molecule has 2 heterocycles. The van der Waals surface area contributed by atoms with E-state index in [4.69, 9.17) is 0 Å². The van der Waals surface area contributed by atoms with E-state index in [0.717, 1.165) is 42.9 Å². The number of nitrogens with one attached hydrogen (secondary N) is 1. The van der Waals surface area contributed by atoms with Gasteiger partial charge >= 0.3 is 0 Å². The van der Waals surface area contributed by atoms with E-state index in [1.807, 2.05) is 29.2 Å².